The van der Waals surface area contributed by atoms with E-state index in [9.17, 15) is 0 Å². The minimum Gasteiger partial charge on any atom is -0.0654 e. The van der Waals surface area contributed by atoms with Gasteiger partial charge in [0.15, 0.2) is 0 Å². The maximum Gasteiger partial charge on any atom is -0.0391 e. The van der Waals surface area contributed by atoms with Gasteiger partial charge in [-0.15, -0.1) is 0 Å². The van der Waals surface area contributed by atoms with E-state index in [1.165, 1.54) is 38.5 Å². The van der Waals surface area contributed by atoms with E-state index in [1.807, 2.05) is 0 Å². The Bertz CT molecular complexity index is 146. The summed E-state index contributed by atoms with van der Waals surface area (Å²) in [6, 6.07) is 0. The minimum atomic E-state index is 0.862. The normalized spacial score (nSPS) is 15.8. The van der Waals surface area contributed by atoms with Crippen molar-refractivity contribution in [1.29, 1.82) is 0 Å². The average molecular weight is 226 g/mol. The van der Waals surface area contributed by atoms with Crippen LogP contribution in [0.5, 0.6) is 0 Å². The molecule has 0 spiro atoms. The maximum absolute atomic E-state index is 2.39. The highest BCUT2D eigenvalue weighted by molar-refractivity contribution is 4.69. The van der Waals surface area contributed by atoms with Crippen LogP contribution in [-0.4, -0.2) is 0 Å². The van der Waals surface area contributed by atoms with Crippen LogP contribution in [0, 0.1) is 23.7 Å². The van der Waals surface area contributed by atoms with Gasteiger partial charge in [-0.2, -0.15) is 0 Å². The van der Waals surface area contributed by atoms with Gasteiger partial charge in [-0.05, 0) is 36.5 Å². The standard InChI is InChI=1S/C16H34/c1-7-9-10-15(11-13(3)4)12-16(8-2)14(5)6/h13-16H,7-12H2,1-6H3. The summed E-state index contributed by atoms with van der Waals surface area (Å²) in [6.07, 6.45) is 8.49. The van der Waals surface area contributed by atoms with Crippen LogP contribution >= 0.6 is 0 Å². The van der Waals surface area contributed by atoms with Gasteiger partial charge in [-0.1, -0.05) is 67.2 Å². The molecular formula is C16H34. The Morgan fingerprint density at radius 3 is 1.88 bits per heavy atom. The van der Waals surface area contributed by atoms with Crippen LogP contribution in [0.1, 0.15) is 80.1 Å². The van der Waals surface area contributed by atoms with Gasteiger partial charge < -0.3 is 0 Å². The molecule has 0 rings (SSSR count). The lowest BCUT2D eigenvalue weighted by molar-refractivity contribution is 0.249. The predicted molar refractivity (Wildman–Crippen MR) is 75.7 cm³/mol. The third kappa shape index (κ3) is 7.30. The van der Waals surface area contributed by atoms with E-state index in [-0.39, 0.29) is 0 Å². The molecule has 0 aromatic rings. The van der Waals surface area contributed by atoms with Crippen molar-refractivity contribution in [3.63, 3.8) is 0 Å². The second kappa shape index (κ2) is 9.07. The molecule has 0 heterocycles. The first-order chi connectivity index (χ1) is 7.51. The molecule has 0 amide bonds. The highest BCUT2D eigenvalue weighted by Gasteiger charge is 2.18. The van der Waals surface area contributed by atoms with Gasteiger partial charge in [0.25, 0.3) is 0 Å². The molecule has 0 aromatic heterocycles. The van der Waals surface area contributed by atoms with Gasteiger partial charge >= 0.3 is 0 Å². The number of rotatable bonds is 9. The number of unbranched alkanes of at least 4 members (excludes halogenated alkanes) is 1. The van der Waals surface area contributed by atoms with E-state index in [4.69, 9.17) is 0 Å². The molecule has 0 aliphatic carbocycles. The monoisotopic (exact) mass is 226 g/mol. The molecule has 0 aromatic carbocycles. The van der Waals surface area contributed by atoms with Crippen LogP contribution in [0.2, 0.25) is 0 Å². The first-order valence-electron chi connectivity index (χ1n) is 7.51. The summed E-state index contributed by atoms with van der Waals surface area (Å²) in [5.41, 5.74) is 0. The first kappa shape index (κ1) is 16.0. The summed E-state index contributed by atoms with van der Waals surface area (Å²) >= 11 is 0. The molecule has 0 saturated carbocycles. The van der Waals surface area contributed by atoms with Crippen molar-refractivity contribution in [2.24, 2.45) is 23.7 Å². The molecule has 16 heavy (non-hydrogen) atoms. The highest BCUT2D eigenvalue weighted by Crippen LogP contribution is 2.30. The van der Waals surface area contributed by atoms with Gasteiger partial charge in [-0.3, -0.25) is 0 Å². The Labute approximate surface area is 104 Å². The first-order valence-corrected chi connectivity index (χ1v) is 7.51. The Morgan fingerprint density at radius 2 is 1.50 bits per heavy atom. The SMILES string of the molecule is CCCCC(CC(C)C)CC(CC)C(C)C. The van der Waals surface area contributed by atoms with Crippen LogP contribution in [0.4, 0.5) is 0 Å². The zero-order valence-electron chi connectivity index (χ0n) is 12.6. The van der Waals surface area contributed by atoms with Crippen molar-refractivity contribution in [3.8, 4) is 0 Å². The lowest BCUT2D eigenvalue weighted by Gasteiger charge is -2.26. The molecule has 2 atom stereocenters. The average Bonchev–Trinajstić information content (AvgIpc) is 2.20. The zero-order valence-corrected chi connectivity index (χ0v) is 12.6. The van der Waals surface area contributed by atoms with Crippen molar-refractivity contribution in [2.45, 2.75) is 80.1 Å². The summed E-state index contributed by atoms with van der Waals surface area (Å²) < 4.78 is 0. The van der Waals surface area contributed by atoms with Gasteiger partial charge in [0, 0.05) is 0 Å². The van der Waals surface area contributed by atoms with E-state index in [0.717, 1.165) is 23.7 Å². The fourth-order valence-corrected chi connectivity index (χ4v) is 2.83. The molecule has 0 aliphatic heterocycles. The maximum atomic E-state index is 2.39. The molecule has 0 bridgehead atoms. The Hall–Kier alpha value is 0. The Morgan fingerprint density at radius 1 is 0.875 bits per heavy atom. The van der Waals surface area contributed by atoms with Crippen molar-refractivity contribution in [2.75, 3.05) is 0 Å². The van der Waals surface area contributed by atoms with Crippen LogP contribution in [0.15, 0.2) is 0 Å². The molecule has 0 aliphatic rings. The fraction of sp³-hybridized carbons (Fsp3) is 1.00. The zero-order chi connectivity index (χ0) is 12.6. The summed E-state index contributed by atoms with van der Waals surface area (Å²) in [4.78, 5) is 0. The van der Waals surface area contributed by atoms with Crippen LogP contribution < -0.4 is 0 Å². The summed E-state index contributed by atoms with van der Waals surface area (Å²) in [5, 5.41) is 0. The number of hydrogen-bond donors (Lipinski definition) is 0. The van der Waals surface area contributed by atoms with E-state index in [2.05, 4.69) is 41.5 Å². The second-order valence-corrected chi connectivity index (χ2v) is 6.29. The molecule has 2 unspecified atom stereocenters. The molecule has 0 N–H and O–H groups in total. The molecule has 98 valence electrons. The lowest BCUT2D eigenvalue weighted by atomic mass is 9.79. The van der Waals surface area contributed by atoms with Gasteiger partial charge in [-0.25, -0.2) is 0 Å². The second-order valence-electron chi connectivity index (χ2n) is 6.29. The number of hydrogen-bond acceptors (Lipinski definition) is 0. The molecule has 0 heteroatoms. The van der Waals surface area contributed by atoms with E-state index in [0.29, 0.717) is 0 Å². The van der Waals surface area contributed by atoms with Crippen molar-refractivity contribution in [1.82, 2.24) is 0 Å². The van der Waals surface area contributed by atoms with Gasteiger partial charge in [0.1, 0.15) is 0 Å². The molecule has 0 radical (unpaired) electrons. The smallest absolute Gasteiger partial charge is 0.0391 e. The quantitative estimate of drug-likeness (QED) is 0.458. The molecular weight excluding hydrogens is 192 g/mol. The third-order valence-electron chi connectivity index (χ3n) is 3.87. The third-order valence-corrected chi connectivity index (χ3v) is 3.87. The molecule has 0 nitrogen and oxygen atoms in total. The Balaban J connectivity index is 4.15. The van der Waals surface area contributed by atoms with Crippen molar-refractivity contribution >= 4 is 0 Å². The van der Waals surface area contributed by atoms with Crippen LogP contribution in [0.3, 0.4) is 0 Å². The summed E-state index contributed by atoms with van der Waals surface area (Å²) in [6.45, 7) is 14.2. The van der Waals surface area contributed by atoms with E-state index >= 15 is 0 Å². The van der Waals surface area contributed by atoms with Gasteiger partial charge in [0.05, 0.1) is 0 Å². The highest BCUT2D eigenvalue weighted by atomic mass is 14.2. The largest absolute Gasteiger partial charge is 0.0654 e. The van der Waals surface area contributed by atoms with Crippen molar-refractivity contribution in [3.05, 3.63) is 0 Å². The summed E-state index contributed by atoms with van der Waals surface area (Å²) in [5.74, 6) is 3.65. The van der Waals surface area contributed by atoms with E-state index < -0.39 is 0 Å². The molecule has 0 fully saturated rings. The van der Waals surface area contributed by atoms with Crippen LogP contribution in [-0.2, 0) is 0 Å². The topological polar surface area (TPSA) is 0 Å². The minimum absolute atomic E-state index is 0.862. The fourth-order valence-electron chi connectivity index (χ4n) is 2.83. The van der Waals surface area contributed by atoms with Gasteiger partial charge in [0.2, 0.25) is 0 Å². The Kier molecular flexibility index (Phi) is 9.07. The van der Waals surface area contributed by atoms with Crippen LogP contribution in [0.25, 0.3) is 0 Å². The molecule has 0 saturated heterocycles. The predicted octanol–water partition coefficient (Wildman–Crippen LogP) is 5.91. The lowest BCUT2D eigenvalue weighted by Crippen LogP contribution is -2.15. The van der Waals surface area contributed by atoms with E-state index in [1.54, 1.807) is 0 Å². The van der Waals surface area contributed by atoms with Crippen molar-refractivity contribution < 1.29 is 0 Å². The summed E-state index contributed by atoms with van der Waals surface area (Å²) in [7, 11) is 0.